The largest absolute Gasteiger partial charge is 2.00 e. The quantitative estimate of drug-likeness (QED) is 0.0810. The van der Waals surface area contributed by atoms with E-state index < -0.39 is 88.0 Å². The maximum atomic E-state index is 11.8. The van der Waals surface area contributed by atoms with Crippen molar-refractivity contribution in [2.45, 2.75) is 50.8 Å². The molecule has 0 fully saturated rings. The van der Waals surface area contributed by atoms with E-state index in [1.165, 1.54) is 147 Å². The Morgan fingerprint density at radius 3 is 0.316 bits per heavy atom. The van der Waals surface area contributed by atoms with E-state index in [1.54, 1.807) is 146 Å². The van der Waals surface area contributed by atoms with Crippen molar-refractivity contribution in [1.29, 1.82) is 0 Å². The topological polar surface area (TPSA) is 1080 Å². The summed E-state index contributed by atoms with van der Waals surface area (Å²) in [6.45, 7) is 3.89. The van der Waals surface area contributed by atoms with Crippen molar-refractivity contribution in [2.75, 3.05) is 0 Å². The third-order valence-electron chi connectivity index (χ3n) is 10.6. The van der Waals surface area contributed by atoms with Crippen molar-refractivity contribution >= 4 is 23.9 Å². The van der Waals surface area contributed by atoms with Crippen LogP contribution in [-0.4, -0.2) is 126 Å². The van der Waals surface area contributed by atoms with Crippen LogP contribution in [-0.2, 0) is 179 Å². The molecule has 12 aromatic rings. The predicted octanol–water partition coefficient (Wildman–Crippen LogP) is -26.6. The number of carbonyl (C=O) groups is 4. The van der Waals surface area contributed by atoms with Gasteiger partial charge in [0, 0.05) is 168 Å². The molecule has 0 atom stereocenters. The van der Waals surface area contributed by atoms with E-state index in [2.05, 4.69) is 59.8 Å². The fourth-order valence-electron chi connectivity index (χ4n) is 6.40. The van der Waals surface area contributed by atoms with Gasteiger partial charge in [-0.3, -0.25) is 39.9 Å². The summed E-state index contributed by atoms with van der Waals surface area (Å²) in [5, 5.41) is 164. The maximum absolute atomic E-state index is 11.8. The number of carbonyl (C=O) groups excluding carboxylic acids is 4. The first kappa shape index (κ1) is 164. The van der Waals surface area contributed by atoms with Crippen molar-refractivity contribution < 1.29 is 375 Å². The van der Waals surface area contributed by atoms with Gasteiger partial charge in [0.25, 0.3) is 0 Å². The summed E-state index contributed by atoms with van der Waals surface area (Å²) in [6, 6.07) is 57.4. The Labute approximate surface area is 864 Å². The van der Waals surface area contributed by atoms with Gasteiger partial charge in [0.05, 0.1) is 0 Å². The molecule has 12 heterocycles. The Hall–Kier alpha value is -8.92. The molecule has 0 saturated heterocycles. The first-order chi connectivity index (χ1) is 57.3. The number of aromatic nitrogens is 12. The van der Waals surface area contributed by atoms with Crippen LogP contribution in [0.1, 0.15) is 73.2 Å². The summed E-state index contributed by atoms with van der Waals surface area (Å²) in [6.07, 6.45) is 17.5. The van der Waals surface area contributed by atoms with Crippen molar-refractivity contribution in [3.63, 3.8) is 0 Å². The Morgan fingerprint density at radius 1 is 0.199 bits per heavy atom. The molecule has 12 aromatic heterocycles. The monoisotopic (exact) mass is 2390 g/mol. The minimum Gasteiger partial charge on any atom is -0.854 e. The Kier molecular flexibility index (Phi) is 110. The molecule has 0 aliphatic rings. The number of carboxylic acid groups (broad SMARTS) is 4. The fraction of sp³-hybridized carbons (Fsp3) is 0.111. The first-order valence-electron chi connectivity index (χ1n) is 31.9. The number of carboxylic acids is 4. The summed E-state index contributed by atoms with van der Waals surface area (Å²) in [5.74, 6) is -14.6. The molecule has 0 saturated carbocycles. The normalized spacial score (nSPS) is 9.26. The van der Waals surface area contributed by atoms with Crippen LogP contribution in [0.5, 0.6) is 23.5 Å². The SMILES string of the molecule is CC(=O)[O-].CC(=O)[O-].CC(=O)[O-].CC(=O)[O-].O.O.O.O.Oc1ccccn1.Oc1ccccn1.Oc1ccccn1.Oc1ccccn1.[Cu+2].[Cu+2].[Cu+2].[Cu+2].[Cu+2].[Cu+2].[Cu+2].[Cu+2].[O-]C([O-])(c1ccccn1)c1ccccn1.[O-]C([O-])(c1ccccn1)c1ccccn1.[O-]C([O-])(c1ccccn1)c1ccccn1.[O-]C([O-])(c1ccccn1)c1ccccn1.[O-][Cl+3]([O-])([O-])[O-].[O-][Cl+3]([O-])([O-])[O-].[O-][Cl+3]([O-])([O-])[O-].[O-][Cl+3]([O-])([O-])[O-]. The molecular weight excluding hydrogens is 2320 g/mol. The van der Waals surface area contributed by atoms with E-state index in [0.29, 0.717) is 0 Å². The van der Waals surface area contributed by atoms with E-state index in [4.69, 9.17) is 135 Å². The number of aliphatic carboxylic acids is 4. The summed E-state index contributed by atoms with van der Waals surface area (Å²) in [4.78, 5) is 79.8. The summed E-state index contributed by atoms with van der Waals surface area (Å²) >= 11 is 0. The molecule has 8 radical (unpaired) electrons. The second-order valence-corrected chi connectivity index (χ2v) is 23.4. The number of rotatable bonds is 8. The van der Waals surface area contributed by atoms with E-state index >= 15 is 0 Å². The third kappa shape index (κ3) is 106. The smallest absolute Gasteiger partial charge is 0.854 e. The number of aromatic hydroxyl groups is 4. The Bertz CT molecular complexity index is 3900. The summed E-state index contributed by atoms with van der Waals surface area (Å²) in [5.41, 5.74) is -0.528. The molecule has 0 aliphatic carbocycles. The number of nitrogens with zero attached hydrogens (tertiary/aromatic N) is 12. The van der Waals surface area contributed by atoms with Crippen LogP contribution in [0.2, 0.25) is 0 Å². The molecule has 0 aromatic carbocycles. The molecule has 0 bridgehead atoms. The van der Waals surface area contributed by atoms with E-state index in [0.717, 1.165) is 27.7 Å². The average molecular weight is 2400 g/mol. The molecule has 0 unspecified atom stereocenters. The first-order valence-corrected chi connectivity index (χ1v) is 36.8. The number of hydrogen-bond donors (Lipinski definition) is 4. The minimum atomic E-state index is -4.94. The summed E-state index contributed by atoms with van der Waals surface area (Å²) in [7, 11) is -19.8. The van der Waals surface area contributed by atoms with Gasteiger partial charge in [0.2, 0.25) is 23.5 Å². The van der Waals surface area contributed by atoms with Gasteiger partial charge >= 0.3 is 137 Å². The predicted molar refractivity (Wildman–Crippen MR) is 358 cm³/mol. The van der Waals surface area contributed by atoms with E-state index in [9.17, 15) is 40.9 Å². The van der Waals surface area contributed by atoms with E-state index in [-0.39, 0.29) is 228 Å². The van der Waals surface area contributed by atoms with Gasteiger partial charge in [-0.1, -0.05) is 72.8 Å². The molecule has 776 valence electrons. The van der Waals surface area contributed by atoms with Crippen molar-refractivity contribution in [3.05, 3.63) is 338 Å². The molecule has 12 rings (SSSR count). The van der Waals surface area contributed by atoms with Gasteiger partial charge in [0.1, 0.15) is 0 Å². The molecule has 136 heavy (non-hydrogen) atoms. The van der Waals surface area contributed by atoms with Crippen LogP contribution in [0.15, 0.2) is 293 Å². The van der Waals surface area contributed by atoms with Crippen molar-refractivity contribution in [1.82, 2.24) is 59.8 Å². The number of pyridine rings is 12. The van der Waals surface area contributed by atoms with Gasteiger partial charge < -0.3 is 123 Å². The number of halogens is 4. The zero-order chi connectivity index (χ0) is 95.7. The second kappa shape index (κ2) is 91.2. The van der Waals surface area contributed by atoms with Gasteiger partial charge in [-0.15, -0.1) is 64.1 Å². The van der Waals surface area contributed by atoms with Gasteiger partial charge in [-0.25, -0.2) is 94.5 Å². The van der Waals surface area contributed by atoms with Gasteiger partial charge in [-0.05, 0) is 149 Å². The molecule has 64 heteroatoms. The standard InChI is InChI=1S/4C11H8N2O2.4C5H5NO.4C2H4O2.4ClHO4.8Cu.4H2O/c4*14-11(15,9-5-1-3-7-12-9)10-6-2-4-8-13-10;4*7-5-3-1-2-4-6-5;4*1-2(3)4;4*2-1(3,4)5;;;;;;;;;;;;/h4*1-8H;4*1-4H,(H,6,7);4*1H3,(H,3,4);4*(H,2,3,4,5);;;;;;;;;4*1H2/q4*-2;;;;;;;;;;;;;8*+2;;;;/p-8. The average Bonchev–Trinajstić information content (AvgIpc) is 0.832. The van der Waals surface area contributed by atoms with Crippen LogP contribution in [0, 0.1) is 41.0 Å². The molecule has 52 nitrogen and oxygen atoms in total. The second-order valence-electron chi connectivity index (χ2n) is 20.4. The zero-order valence-electron chi connectivity index (χ0n) is 67.9. The van der Waals surface area contributed by atoms with Crippen LogP contribution >= 0.6 is 0 Å². The van der Waals surface area contributed by atoms with Crippen LogP contribution < -0.4 is 136 Å². The van der Waals surface area contributed by atoms with Gasteiger partial charge in [0.15, 0.2) is 0 Å². The van der Waals surface area contributed by atoms with Crippen molar-refractivity contribution in [2.24, 2.45) is 0 Å². The zero-order valence-corrected chi connectivity index (χ0v) is 78.4. The summed E-state index contributed by atoms with van der Waals surface area (Å²) < 4.78 is 136. The maximum Gasteiger partial charge on any atom is 2.00 e. The Morgan fingerprint density at radius 2 is 0.272 bits per heavy atom. The Balaban J connectivity index is -0.0000000822. The molecule has 0 spiro atoms. The molecule has 0 aliphatic heterocycles. The van der Waals surface area contributed by atoms with Crippen molar-refractivity contribution in [3.8, 4) is 23.5 Å². The van der Waals surface area contributed by atoms with Gasteiger partial charge in [-0.2, -0.15) is 0 Å². The third-order valence-corrected chi connectivity index (χ3v) is 10.6. The fourth-order valence-corrected chi connectivity index (χ4v) is 6.40. The molecular formula is C72H72Cl4Cu8N12O40. The minimum absolute atomic E-state index is 0. The van der Waals surface area contributed by atoms with Crippen LogP contribution in [0.4, 0.5) is 0 Å². The number of hydrogen-bond acceptors (Lipinski definition) is 48. The molecule has 12 N–H and O–H groups in total. The molecule has 0 amide bonds. The van der Waals surface area contributed by atoms with E-state index in [1.807, 2.05) is 0 Å². The van der Waals surface area contributed by atoms with Crippen LogP contribution in [0.25, 0.3) is 0 Å². The van der Waals surface area contributed by atoms with Crippen LogP contribution in [0.3, 0.4) is 0 Å².